The van der Waals surface area contributed by atoms with E-state index in [1.807, 2.05) is 0 Å². The zero-order valence-corrected chi connectivity index (χ0v) is 25.1. The fourth-order valence-electron chi connectivity index (χ4n) is 7.29. The first-order valence-electron chi connectivity index (χ1n) is 12.3. The predicted molar refractivity (Wildman–Crippen MR) is 145 cm³/mol. The molecule has 2 aliphatic rings. The van der Waals surface area contributed by atoms with Gasteiger partial charge in [0.15, 0.2) is 0 Å². The molecule has 5 rings (SSSR count). The Labute approximate surface area is 202 Å². The zero-order chi connectivity index (χ0) is 23.7. The first kappa shape index (κ1) is 23.0. The van der Waals surface area contributed by atoms with Gasteiger partial charge in [-0.05, 0) is 0 Å². The Morgan fingerprint density at radius 3 is 2.00 bits per heavy atom. The van der Waals surface area contributed by atoms with Gasteiger partial charge < -0.3 is 0 Å². The van der Waals surface area contributed by atoms with Gasteiger partial charge in [-0.15, -0.1) is 0 Å². The van der Waals surface area contributed by atoms with E-state index in [-0.39, 0.29) is 0 Å². The summed E-state index contributed by atoms with van der Waals surface area (Å²) in [6.07, 6.45) is 0. The summed E-state index contributed by atoms with van der Waals surface area (Å²) in [6, 6.07) is 25.0. The Kier molecular flexibility index (Phi) is 5.31. The minimum absolute atomic E-state index is 0.353. The number of allylic oxidation sites excluding steroid dienone is 5. The number of fused-ring (bicyclic) bond motifs is 3. The molecule has 0 fully saturated rings. The molecule has 2 atom stereocenters. The average Bonchev–Trinajstić information content (AvgIpc) is 3.21. The van der Waals surface area contributed by atoms with Crippen molar-refractivity contribution in [3.05, 3.63) is 109 Å². The predicted octanol–water partition coefficient (Wildman–Crippen LogP) is 8.31. The van der Waals surface area contributed by atoms with Crippen molar-refractivity contribution in [2.75, 3.05) is 0 Å². The maximum absolute atomic E-state index is 3.57. The van der Waals surface area contributed by atoms with Crippen molar-refractivity contribution in [2.45, 2.75) is 49.8 Å². The Bertz CT molecular complexity index is 1470. The van der Waals surface area contributed by atoms with E-state index in [1.54, 1.807) is 28.8 Å². The molecule has 168 valence electrons. The number of hydrogen-bond donors (Lipinski definition) is 0. The van der Waals surface area contributed by atoms with Crippen LogP contribution in [0.1, 0.15) is 57.2 Å². The Morgan fingerprint density at radius 1 is 0.727 bits per heavy atom. The molecule has 0 radical (unpaired) electrons. The van der Waals surface area contributed by atoms with Gasteiger partial charge in [-0.1, -0.05) is 0 Å². The van der Waals surface area contributed by atoms with Crippen molar-refractivity contribution >= 4 is 20.9 Å². The van der Waals surface area contributed by atoms with Gasteiger partial charge in [0.2, 0.25) is 0 Å². The molecular formula is C31H36SiZr. The van der Waals surface area contributed by atoms with Gasteiger partial charge in [-0.3, -0.25) is 0 Å². The molecule has 0 N–H and O–H groups in total. The molecule has 0 nitrogen and oxygen atoms in total. The second-order valence-electron chi connectivity index (χ2n) is 11.4. The molecule has 3 aromatic carbocycles. The van der Waals surface area contributed by atoms with Crippen LogP contribution in [0, 0.1) is 5.92 Å². The van der Waals surface area contributed by atoms with Crippen molar-refractivity contribution in [2.24, 2.45) is 5.92 Å². The monoisotopic (exact) mass is 526 g/mol. The molecule has 0 bridgehead atoms. The van der Waals surface area contributed by atoms with Crippen LogP contribution in [0.15, 0.2) is 92.3 Å². The average molecular weight is 528 g/mol. The Hall–Kier alpha value is -1.76. The first-order chi connectivity index (χ1) is 15.5. The second kappa shape index (κ2) is 7.62. The van der Waals surface area contributed by atoms with Crippen LogP contribution in [0.2, 0.25) is 9.26 Å². The molecule has 0 heterocycles. The molecule has 33 heavy (non-hydrogen) atoms. The second-order valence-corrected chi connectivity index (χ2v) is 39.7. The summed E-state index contributed by atoms with van der Waals surface area (Å²) in [5, 5.41) is 2.80. The SMILES string of the molecule is CC1=C(C)C(C)[C]([Zr]([CH3])([CH3])(=[SiH2])[C]2=C(C)C(c3ccccc3)c3ccc4ccccc4c32)=C1C. The van der Waals surface area contributed by atoms with Crippen LogP contribution in [0.25, 0.3) is 14.1 Å². The topological polar surface area (TPSA) is 0 Å². The van der Waals surface area contributed by atoms with E-state index in [1.165, 1.54) is 27.5 Å². The van der Waals surface area contributed by atoms with E-state index in [9.17, 15) is 0 Å². The summed E-state index contributed by atoms with van der Waals surface area (Å²) in [7, 11) is 0. The Morgan fingerprint density at radius 2 is 1.36 bits per heavy atom. The van der Waals surface area contributed by atoms with Crippen LogP contribution in [0.3, 0.4) is 0 Å². The van der Waals surface area contributed by atoms with E-state index in [0.29, 0.717) is 11.8 Å². The molecule has 0 saturated carbocycles. The van der Waals surface area contributed by atoms with Gasteiger partial charge in [-0.2, -0.15) is 0 Å². The minimum atomic E-state index is -3.57. The van der Waals surface area contributed by atoms with E-state index < -0.39 is 17.4 Å². The fraction of sp³-hybridized carbons (Fsp3) is 0.290. The summed E-state index contributed by atoms with van der Waals surface area (Å²) in [4.78, 5) is 0. The van der Waals surface area contributed by atoms with Crippen molar-refractivity contribution < 1.29 is 17.4 Å². The van der Waals surface area contributed by atoms with Crippen LogP contribution in [0.4, 0.5) is 0 Å². The molecule has 0 amide bonds. The summed E-state index contributed by atoms with van der Waals surface area (Å²) in [5.74, 6) is 0.906. The van der Waals surface area contributed by atoms with Gasteiger partial charge in [0.1, 0.15) is 0 Å². The number of benzene rings is 3. The maximum atomic E-state index is 2.71. The van der Waals surface area contributed by atoms with Gasteiger partial charge in [0.05, 0.1) is 0 Å². The summed E-state index contributed by atoms with van der Waals surface area (Å²) in [5.41, 5.74) is 10.8. The van der Waals surface area contributed by atoms with E-state index in [2.05, 4.69) is 117 Å². The van der Waals surface area contributed by atoms with Crippen LogP contribution >= 0.6 is 0 Å². The van der Waals surface area contributed by atoms with Gasteiger partial charge in [0.25, 0.3) is 0 Å². The third-order valence-electron chi connectivity index (χ3n) is 8.79. The summed E-state index contributed by atoms with van der Waals surface area (Å²) < 4.78 is 8.95. The van der Waals surface area contributed by atoms with Crippen molar-refractivity contribution in [1.29, 1.82) is 0 Å². The van der Waals surface area contributed by atoms with E-state index >= 15 is 0 Å². The van der Waals surface area contributed by atoms with Crippen LogP contribution in [0.5, 0.6) is 0 Å². The molecule has 0 saturated heterocycles. The van der Waals surface area contributed by atoms with E-state index in [0.717, 1.165) is 0 Å². The zero-order valence-electron chi connectivity index (χ0n) is 21.2. The third kappa shape index (κ3) is 3.24. The Balaban J connectivity index is 1.89. The van der Waals surface area contributed by atoms with Gasteiger partial charge in [-0.25, -0.2) is 0 Å². The molecular weight excluding hydrogens is 492 g/mol. The van der Waals surface area contributed by atoms with Gasteiger partial charge >= 0.3 is 203 Å². The van der Waals surface area contributed by atoms with Crippen molar-refractivity contribution in [1.82, 2.24) is 0 Å². The quantitative estimate of drug-likeness (QED) is 0.300. The molecule has 2 heteroatoms. The number of hydrogen-bond acceptors (Lipinski definition) is 0. The van der Waals surface area contributed by atoms with Crippen molar-refractivity contribution in [3.8, 4) is 0 Å². The van der Waals surface area contributed by atoms with Crippen LogP contribution in [-0.4, -0.2) is 6.88 Å². The van der Waals surface area contributed by atoms with Crippen LogP contribution < -0.4 is 0 Å². The third-order valence-corrected chi connectivity index (χ3v) is 24.9. The normalized spacial score (nSPS) is 21.5. The first-order valence-corrected chi connectivity index (χ1v) is 25.6. The molecule has 0 aromatic heterocycles. The molecule has 2 aliphatic carbocycles. The molecule has 2 unspecified atom stereocenters. The number of rotatable bonds is 3. The van der Waals surface area contributed by atoms with E-state index in [4.69, 9.17) is 0 Å². The fourth-order valence-corrected chi connectivity index (χ4v) is 27.5. The van der Waals surface area contributed by atoms with Crippen LogP contribution in [-0.2, 0) is 17.4 Å². The van der Waals surface area contributed by atoms with Crippen molar-refractivity contribution in [3.63, 3.8) is 0 Å². The molecule has 0 spiro atoms. The van der Waals surface area contributed by atoms with Gasteiger partial charge in [0, 0.05) is 0 Å². The molecule has 3 aromatic rings. The standard InChI is InChI=1S/C20H15.C9H13.2CH3.H2Si.Zr/c1-14-13-19-17-10-6-5-7-15(17)11-12-18(19)20(14)16-8-3-2-4-9-16;1-6-5-7(2)9(4)8(6)3;;;;/h2-12,20H,1H3;6H,1-4H3;2*1H3;1H2;. The summed E-state index contributed by atoms with van der Waals surface area (Å²) in [6.45, 7) is 14.4. The molecule has 0 aliphatic heterocycles. The summed E-state index contributed by atoms with van der Waals surface area (Å²) >= 11 is -3.57.